The fourth-order valence-corrected chi connectivity index (χ4v) is 3.39. The summed E-state index contributed by atoms with van der Waals surface area (Å²) >= 11 is 0. The maximum Gasteiger partial charge on any atom is 0.310 e. The average molecular weight is 354 g/mol. The topological polar surface area (TPSA) is 74.6 Å². The van der Waals surface area contributed by atoms with Gasteiger partial charge in [0.25, 0.3) is 0 Å². The van der Waals surface area contributed by atoms with Crippen LogP contribution >= 0.6 is 0 Å². The van der Waals surface area contributed by atoms with E-state index >= 15 is 0 Å². The molecule has 0 amide bonds. The molecule has 0 radical (unpaired) electrons. The lowest BCUT2D eigenvalue weighted by atomic mass is 9.86. The molecule has 0 aliphatic heterocycles. The van der Waals surface area contributed by atoms with E-state index in [9.17, 15) is 14.7 Å². The minimum atomic E-state index is -0.793. The molecule has 0 fully saturated rings. The summed E-state index contributed by atoms with van der Waals surface area (Å²) in [6.45, 7) is 0. The highest BCUT2D eigenvalue weighted by molar-refractivity contribution is 5.75. The van der Waals surface area contributed by atoms with E-state index in [1.54, 1.807) is 0 Å². The number of hydrogen-bond acceptors (Lipinski definition) is 2. The first-order valence-electron chi connectivity index (χ1n) is 9.12. The molecule has 0 aliphatic rings. The van der Waals surface area contributed by atoms with Crippen LogP contribution in [0.1, 0.15) is 61.5 Å². The molecule has 2 atom stereocenters. The number of carboxylic acid groups (broad SMARTS) is 2. The third kappa shape index (κ3) is 6.36. The molecule has 2 rings (SSSR count). The molecule has 138 valence electrons. The SMILES string of the molecule is O=C(O)CCCC(CCCC(C(=O)O)c1ccccc1)c1ccccc1. The third-order valence-corrected chi connectivity index (χ3v) is 4.76. The Morgan fingerprint density at radius 3 is 1.81 bits per heavy atom. The molecule has 0 saturated carbocycles. The second-order valence-electron chi connectivity index (χ2n) is 6.63. The summed E-state index contributed by atoms with van der Waals surface area (Å²) in [4.78, 5) is 22.4. The van der Waals surface area contributed by atoms with Gasteiger partial charge in [-0.25, -0.2) is 0 Å². The first-order chi connectivity index (χ1) is 12.6. The number of rotatable bonds is 11. The fourth-order valence-electron chi connectivity index (χ4n) is 3.39. The second-order valence-corrected chi connectivity index (χ2v) is 6.63. The Bertz CT molecular complexity index is 682. The minimum Gasteiger partial charge on any atom is -0.481 e. The van der Waals surface area contributed by atoms with Crippen molar-refractivity contribution in [1.29, 1.82) is 0 Å². The van der Waals surface area contributed by atoms with E-state index in [0.29, 0.717) is 12.8 Å². The normalized spacial score (nSPS) is 13.1. The van der Waals surface area contributed by atoms with Crippen LogP contribution < -0.4 is 0 Å². The maximum atomic E-state index is 11.6. The zero-order valence-corrected chi connectivity index (χ0v) is 14.9. The summed E-state index contributed by atoms with van der Waals surface area (Å²) in [6, 6.07) is 19.4. The van der Waals surface area contributed by atoms with E-state index in [1.165, 1.54) is 5.56 Å². The van der Waals surface area contributed by atoms with Crippen LogP contribution in [0.3, 0.4) is 0 Å². The largest absolute Gasteiger partial charge is 0.481 e. The van der Waals surface area contributed by atoms with Gasteiger partial charge in [-0.1, -0.05) is 67.1 Å². The van der Waals surface area contributed by atoms with Crippen molar-refractivity contribution in [2.24, 2.45) is 0 Å². The van der Waals surface area contributed by atoms with E-state index in [-0.39, 0.29) is 12.3 Å². The van der Waals surface area contributed by atoms with Gasteiger partial charge >= 0.3 is 11.9 Å². The van der Waals surface area contributed by atoms with Gasteiger partial charge in [0.15, 0.2) is 0 Å². The molecule has 2 unspecified atom stereocenters. The molecule has 0 saturated heterocycles. The number of benzene rings is 2. The van der Waals surface area contributed by atoms with Crippen LogP contribution in [0.5, 0.6) is 0 Å². The number of hydrogen-bond donors (Lipinski definition) is 2. The van der Waals surface area contributed by atoms with Gasteiger partial charge in [0.2, 0.25) is 0 Å². The summed E-state index contributed by atoms with van der Waals surface area (Å²) in [7, 11) is 0. The average Bonchev–Trinajstić information content (AvgIpc) is 2.64. The van der Waals surface area contributed by atoms with E-state index in [2.05, 4.69) is 12.1 Å². The smallest absolute Gasteiger partial charge is 0.310 e. The van der Waals surface area contributed by atoms with Crippen LogP contribution in [0.15, 0.2) is 60.7 Å². The molecule has 2 N–H and O–H groups in total. The van der Waals surface area contributed by atoms with E-state index < -0.39 is 17.9 Å². The molecule has 0 aromatic heterocycles. The summed E-state index contributed by atoms with van der Waals surface area (Å²) in [5.74, 6) is -1.79. The highest BCUT2D eigenvalue weighted by Crippen LogP contribution is 2.30. The molecular weight excluding hydrogens is 328 g/mol. The monoisotopic (exact) mass is 354 g/mol. The Morgan fingerprint density at radius 2 is 1.27 bits per heavy atom. The van der Waals surface area contributed by atoms with Gasteiger partial charge in [0.1, 0.15) is 0 Å². The van der Waals surface area contributed by atoms with Crippen LogP contribution in [0.4, 0.5) is 0 Å². The summed E-state index contributed by atoms with van der Waals surface area (Å²) in [5.41, 5.74) is 2.03. The Labute approximate surface area is 154 Å². The number of carbonyl (C=O) groups is 2. The molecule has 0 heterocycles. The van der Waals surface area contributed by atoms with Crippen LogP contribution in [0.2, 0.25) is 0 Å². The summed E-state index contributed by atoms with van der Waals surface area (Å²) in [5, 5.41) is 18.4. The maximum absolute atomic E-state index is 11.6. The van der Waals surface area contributed by atoms with Crippen LogP contribution in [0, 0.1) is 0 Å². The standard InChI is InChI=1S/C22H26O4/c23-21(24)16-8-14-18(17-9-3-1-4-10-17)13-7-15-20(22(25)26)19-11-5-2-6-12-19/h1-6,9-12,18,20H,7-8,13-16H2,(H,23,24)(H,25,26). The van der Waals surface area contributed by atoms with Crippen LogP contribution in [-0.2, 0) is 9.59 Å². The van der Waals surface area contributed by atoms with Crippen LogP contribution in [0.25, 0.3) is 0 Å². The predicted molar refractivity (Wildman–Crippen MR) is 101 cm³/mol. The van der Waals surface area contributed by atoms with Gasteiger partial charge in [-0.15, -0.1) is 0 Å². The van der Waals surface area contributed by atoms with E-state index in [4.69, 9.17) is 5.11 Å². The van der Waals surface area contributed by atoms with Crippen molar-refractivity contribution in [1.82, 2.24) is 0 Å². The molecule has 4 nitrogen and oxygen atoms in total. The Hall–Kier alpha value is -2.62. The molecule has 26 heavy (non-hydrogen) atoms. The predicted octanol–water partition coefficient (Wildman–Crippen LogP) is 5.06. The van der Waals surface area contributed by atoms with Gasteiger partial charge in [-0.05, 0) is 42.7 Å². The fraction of sp³-hybridized carbons (Fsp3) is 0.364. The summed E-state index contributed by atoms with van der Waals surface area (Å²) < 4.78 is 0. The number of aliphatic carboxylic acids is 2. The van der Waals surface area contributed by atoms with Crippen molar-refractivity contribution >= 4 is 11.9 Å². The Kier molecular flexibility index (Phi) is 7.87. The molecule has 4 heteroatoms. The molecular formula is C22H26O4. The molecule has 2 aromatic rings. The van der Waals surface area contributed by atoms with Gasteiger partial charge in [-0.3, -0.25) is 9.59 Å². The van der Waals surface area contributed by atoms with Gasteiger partial charge in [0, 0.05) is 6.42 Å². The quantitative estimate of drug-likeness (QED) is 0.591. The summed E-state index contributed by atoms with van der Waals surface area (Å²) in [6.07, 6.45) is 3.85. The van der Waals surface area contributed by atoms with Crippen molar-refractivity contribution in [3.63, 3.8) is 0 Å². The first-order valence-corrected chi connectivity index (χ1v) is 9.12. The zero-order valence-electron chi connectivity index (χ0n) is 14.9. The van der Waals surface area contributed by atoms with Crippen molar-refractivity contribution in [2.45, 2.75) is 50.4 Å². The molecule has 0 bridgehead atoms. The molecule has 0 aliphatic carbocycles. The Balaban J connectivity index is 1.96. The molecule has 0 spiro atoms. The number of carboxylic acids is 2. The van der Waals surface area contributed by atoms with Crippen molar-refractivity contribution in [2.75, 3.05) is 0 Å². The Morgan fingerprint density at radius 1 is 0.731 bits per heavy atom. The van der Waals surface area contributed by atoms with Gasteiger partial charge < -0.3 is 10.2 Å². The van der Waals surface area contributed by atoms with Crippen LogP contribution in [-0.4, -0.2) is 22.2 Å². The minimum absolute atomic E-state index is 0.172. The highest BCUT2D eigenvalue weighted by Gasteiger charge is 2.20. The highest BCUT2D eigenvalue weighted by atomic mass is 16.4. The lowest BCUT2D eigenvalue weighted by molar-refractivity contribution is -0.139. The zero-order chi connectivity index (χ0) is 18.8. The third-order valence-electron chi connectivity index (χ3n) is 4.76. The lowest BCUT2D eigenvalue weighted by Gasteiger charge is -2.19. The molecule has 2 aromatic carbocycles. The first kappa shape index (κ1) is 19.7. The lowest BCUT2D eigenvalue weighted by Crippen LogP contribution is -2.12. The second kappa shape index (κ2) is 10.4. The van der Waals surface area contributed by atoms with E-state index in [0.717, 1.165) is 24.8 Å². The van der Waals surface area contributed by atoms with Gasteiger partial charge in [0.05, 0.1) is 5.92 Å². The van der Waals surface area contributed by atoms with Crippen molar-refractivity contribution in [3.05, 3.63) is 71.8 Å². The van der Waals surface area contributed by atoms with Crippen molar-refractivity contribution < 1.29 is 19.8 Å². The van der Waals surface area contributed by atoms with Gasteiger partial charge in [-0.2, -0.15) is 0 Å². The van der Waals surface area contributed by atoms with E-state index in [1.807, 2.05) is 48.5 Å². The van der Waals surface area contributed by atoms with Crippen molar-refractivity contribution in [3.8, 4) is 0 Å².